The van der Waals surface area contributed by atoms with E-state index in [0.717, 1.165) is 12.3 Å². The zero-order valence-electron chi connectivity index (χ0n) is 10.7. The van der Waals surface area contributed by atoms with Crippen molar-refractivity contribution in [3.63, 3.8) is 0 Å². The fourth-order valence-electron chi connectivity index (χ4n) is 1.17. The first-order chi connectivity index (χ1) is 8.58. The molecule has 0 bridgehead atoms. The molecule has 0 aliphatic rings. The maximum atomic E-state index is 12.4. The van der Waals surface area contributed by atoms with E-state index in [1.807, 2.05) is 0 Å². The molecular weight excluding hydrogens is 263 g/mol. The Morgan fingerprint density at radius 2 is 1.89 bits per heavy atom. The van der Waals surface area contributed by atoms with Crippen LogP contribution in [0.15, 0.2) is 18.5 Å². The molecule has 19 heavy (non-hydrogen) atoms. The first kappa shape index (κ1) is 15.3. The number of hydrogen-bond acceptors (Lipinski definition) is 4. The smallest absolute Gasteiger partial charge is 0.418 e. The maximum absolute atomic E-state index is 12.4. The Hall–Kier alpha value is -1.79. The molecule has 1 rings (SSSR count). The quantitative estimate of drug-likeness (QED) is 0.797. The van der Waals surface area contributed by atoms with Crippen LogP contribution in [-0.2, 0) is 15.7 Å². The number of halogens is 3. The van der Waals surface area contributed by atoms with E-state index in [-0.39, 0.29) is 5.75 Å². The second-order valence-electron chi connectivity index (χ2n) is 4.78. The zero-order chi connectivity index (χ0) is 14.7. The molecule has 0 radical (unpaired) electrons. The third-order valence-electron chi connectivity index (χ3n) is 1.82. The number of hydrogen-bond donors (Lipinski definition) is 0. The number of ether oxygens (including phenoxy) is 2. The summed E-state index contributed by atoms with van der Waals surface area (Å²) in [5.41, 5.74) is -1.61. The molecule has 0 atom stereocenters. The summed E-state index contributed by atoms with van der Waals surface area (Å²) >= 11 is 0. The SMILES string of the molecule is CC(C)(C)OC(=O)COc1cncc(C(F)(F)F)c1. The van der Waals surface area contributed by atoms with Crippen LogP contribution >= 0.6 is 0 Å². The van der Waals surface area contributed by atoms with Gasteiger partial charge in [0, 0.05) is 6.20 Å². The molecule has 1 aromatic rings. The predicted octanol–water partition coefficient (Wildman–Crippen LogP) is 2.82. The van der Waals surface area contributed by atoms with Crippen molar-refractivity contribution in [3.05, 3.63) is 24.0 Å². The molecule has 106 valence electrons. The maximum Gasteiger partial charge on any atom is 0.418 e. The van der Waals surface area contributed by atoms with Crippen molar-refractivity contribution in [2.45, 2.75) is 32.5 Å². The highest BCUT2D eigenvalue weighted by molar-refractivity contribution is 5.71. The molecule has 0 aliphatic carbocycles. The molecule has 0 saturated heterocycles. The molecule has 1 heterocycles. The summed E-state index contributed by atoms with van der Waals surface area (Å²) < 4.78 is 47.1. The van der Waals surface area contributed by atoms with E-state index in [1.54, 1.807) is 20.8 Å². The summed E-state index contributed by atoms with van der Waals surface area (Å²) in [7, 11) is 0. The largest absolute Gasteiger partial charge is 0.480 e. The van der Waals surface area contributed by atoms with E-state index in [9.17, 15) is 18.0 Å². The number of rotatable bonds is 3. The Morgan fingerprint density at radius 1 is 1.26 bits per heavy atom. The lowest BCUT2D eigenvalue weighted by Gasteiger charge is -2.19. The second kappa shape index (κ2) is 5.46. The van der Waals surface area contributed by atoms with E-state index in [1.165, 1.54) is 0 Å². The van der Waals surface area contributed by atoms with Gasteiger partial charge in [-0.2, -0.15) is 13.2 Å². The summed E-state index contributed by atoms with van der Waals surface area (Å²) in [4.78, 5) is 14.7. The Labute approximate surface area is 108 Å². The van der Waals surface area contributed by atoms with Crippen molar-refractivity contribution in [3.8, 4) is 5.75 Å². The van der Waals surface area contributed by atoms with Gasteiger partial charge in [0.15, 0.2) is 6.61 Å². The van der Waals surface area contributed by atoms with Crippen LogP contribution in [0.2, 0.25) is 0 Å². The summed E-state index contributed by atoms with van der Waals surface area (Å²) in [6.45, 7) is 4.56. The average Bonchev–Trinajstić information content (AvgIpc) is 2.23. The van der Waals surface area contributed by atoms with Gasteiger partial charge < -0.3 is 9.47 Å². The predicted molar refractivity (Wildman–Crippen MR) is 60.6 cm³/mol. The highest BCUT2D eigenvalue weighted by atomic mass is 19.4. The van der Waals surface area contributed by atoms with E-state index >= 15 is 0 Å². The number of esters is 1. The normalized spacial score (nSPS) is 12.1. The lowest BCUT2D eigenvalue weighted by molar-refractivity contribution is -0.157. The van der Waals surface area contributed by atoms with Gasteiger partial charge in [0.1, 0.15) is 11.4 Å². The Bertz CT molecular complexity index is 452. The molecule has 0 unspecified atom stereocenters. The Balaban J connectivity index is 2.62. The lowest BCUT2D eigenvalue weighted by atomic mass is 10.2. The van der Waals surface area contributed by atoms with Crippen molar-refractivity contribution in [2.75, 3.05) is 6.61 Å². The number of carbonyl (C=O) groups excluding carboxylic acids is 1. The number of nitrogens with zero attached hydrogens (tertiary/aromatic N) is 1. The van der Waals surface area contributed by atoms with Gasteiger partial charge in [0.05, 0.1) is 11.8 Å². The van der Waals surface area contributed by atoms with Crippen LogP contribution in [0.1, 0.15) is 26.3 Å². The molecule has 0 aromatic carbocycles. The molecule has 0 amide bonds. The van der Waals surface area contributed by atoms with Crippen LogP contribution < -0.4 is 4.74 Å². The second-order valence-corrected chi connectivity index (χ2v) is 4.78. The van der Waals surface area contributed by atoms with Crippen LogP contribution in [0.3, 0.4) is 0 Å². The molecule has 0 spiro atoms. The molecule has 0 aliphatic heterocycles. The molecular formula is C12H14F3NO3. The fourth-order valence-corrected chi connectivity index (χ4v) is 1.17. The summed E-state index contributed by atoms with van der Waals surface area (Å²) in [6.07, 6.45) is -2.72. The molecule has 1 aromatic heterocycles. The van der Waals surface area contributed by atoms with Crippen molar-refractivity contribution >= 4 is 5.97 Å². The van der Waals surface area contributed by atoms with Gasteiger partial charge in [0.25, 0.3) is 0 Å². The van der Waals surface area contributed by atoms with Crippen LogP contribution in [0.5, 0.6) is 5.75 Å². The minimum atomic E-state index is -4.50. The molecule has 0 fully saturated rings. The topological polar surface area (TPSA) is 48.4 Å². The number of carbonyl (C=O) groups is 1. The molecule has 4 nitrogen and oxygen atoms in total. The van der Waals surface area contributed by atoms with E-state index in [0.29, 0.717) is 6.20 Å². The van der Waals surface area contributed by atoms with Gasteiger partial charge in [0.2, 0.25) is 0 Å². The third kappa shape index (κ3) is 5.58. The van der Waals surface area contributed by atoms with Crippen LogP contribution in [0.4, 0.5) is 13.2 Å². The van der Waals surface area contributed by atoms with Gasteiger partial charge in [-0.1, -0.05) is 0 Å². The van der Waals surface area contributed by atoms with Crippen molar-refractivity contribution < 1.29 is 27.4 Å². The average molecular weight is 277 g/mol. The van der Waals surface area contributed by atoms with Crippen LogP contribution in [0, 0.1) is 0 Å². The minimum absolute atomic E-state index is 0.138. The highest BCUT2D eigenvalue weighted by Crippen LogP contribution is 2.30. The highest BCUT2D eigenvalue weighted by Gasteiger charge is 2.31. The van der Waals surface area contributed by atoms with E-state index in [2.05, 4.69) is 4.98 Å². The Morgan fingerprint density at radius 3 is 2.42 bits per heavy atom. The molecule has 0 N–H and O–H groups in total. The third-order valence-corrected chi connectivity index (χ3v) is 1.82. The molecule has 7 heteroatoms. The van der Waals surface area contributed by atoms with Crippen LogP contribution in [-0.4, -0.2) is 23.2 Å². The number of pyridine rings is 1. The van der Waals surface area contributed by atoms with E-state index < -0.39 is 29.9 Å². The van der Waals surface area contributed by atoms with E-state index in [4.69, 9.17) is 9.47 Å². The number of alkyl halides is 3. The molecule has 0 saturated carbocycles. The standard InChI is InChI=1S/C12H14F3NO3/c1-11(2,3)19-10(17)7-18-9-4-8(5-16-6-9)12(13,14)15/h4-6H,7H2,1-3H3. The van der Waals surface area contributed by atoms with Crippen molar-refractivity contribution in [1.29, 1.82) is 0 Å². The minimum Gasteiger partial charge on any atom is -0.480 e. The Kier molecular flexibility index (Phi) is 4.39. The van der Waals surface area contributed by atoms with Gasteiger partial charge in [-0.15, -0.1) is 0 Å². The summed E-state index contributed by atoms with van der Waals surface area (Å²) in [6, 6.07) is 0.775. The fraction of sp³-hybridized carbons (Fsp3) is 0.500. The first-order valence-electron chi connectivity index (χ1n) is 5.45. The van der Waals surface area contributed by atoms with Gasteiger partial charge >= 0.3 is 12.1 Å². The van der Waals surface area contributed by atoms with Gasteiger partial charge in [-0.25, -0.2) is 4.79 Å². The van der Waals surface area contributed by atoms with Crippen molar-refractivity contribution in [2.24, 2.45) is 0 Å². The lowest BCUT2D eigenvalue weighted by Crippen LogP contribution is -2.27. The van der Waals surface area contributed by atoms with Gasteiger partial charge in [-0.3, -0.25) is 4.98 Å². The summed E-state index contributed by atoms with van der Waals surface area (Å²) in [5, 5.41) is 0. The zero-order valence-corrected chi connectivity index (χ0v) is 10.7. The van der Waals surface area contributed by atoms with Crippen LogP contribution in [0.25, 0.3) is 0 Å². The van der Waals surface area contributed by atoms with Crippen molar-refractivity contribution in [1.82, 2.24) is 4.98 Å². The number of aromatic nitrogens is 1. The first-order valence-corrected chi connectivity index (χ1v) is 5.45. The monoisotopic (exact) mass is 277 g/mol. The summed E-state index contributed by atoms with van der Waals surface area (Å²) in [5.74, 6) is -0.800. The van der Waals surface area contributed by atoms with Gasteiger partial charge in [-0.05, 0) is 26.8 Å².